The minimum absolute atomic E-state index is 0.135. The molecule has 1 aromatic heterocycles. The molecule has 0 aliphatic carbocycles. The number of nitrogens with zero attached hydrogens (tertiary/aromatic N) is 2. The van der Waals surface area contributed by atoms with E-state index in [1.54, 1.807) is 0 Å². The third-order valence-electron chi connectivity index (χ3n) is 1.75. The van der Waals surface area contributed by atoms with Gasteiger partial charge in [-0.1, -0.05) is 5.16 Å². The second-order valence-electron chi connectivity index (χ2n) is 2.60. The van der Waals surface area contributed by atoms with Crippen LogP contribution >= 0.6 is 0 Å². The van der Waals surface area contributed by atoms with Gasteiger partial charge in [0.25, 0.3) is 0 Å². The van der Waals surface area contributed by atoms with Crippen molar-refractivity contribution >= 4 is 11.0 Å². The highest BCUT2D eigenvalue weighted by Crippen LogP contribution is 2.19. The maximum Gasteiger partial charge on any atom is 0.167 e. The molecule has 0 bridgehead atoms. The van der Waals surface area contributed by atoms with Gasteiger partial charge in [-0.3, -0.25) is 0 Å². The van der Waals surface area contributed by atoms with Gasteiger partial charge in [-0.25, -0.2) is 4.39 Å². The molecule has 0 saturated heterocycles. The molecule has 2 aromatic rings. The molecule has 1 aromatic carbocycles. The van der Waals surface area contributed by atoms with Gasteiger partial charge in [0, 0.05) is 5.39 Å². The minimum Gasteiger partial charge on any atom is -0.356 e. The van der Waals surface area contributed by atoms with Crippen LogP contribution < -0.4 is 0 Å². The number of hydrogen-bond acceptors (Lipinski definition) is 3. The van der Waals surface area contributed by atoms with Gasteiger partial charge >= 0.3 is 0 Å². The molecular weight excluding hydrogens is 171 g/mol. The van der Waals surface area contributed by atoms with Crippen molar-refractivity contribution in [2.45, 2.75) is 6.42 Å². The molecule has 0 radical (unpaired) electrons. The van der Waals surface area contributed by atoms with Crippen LogP contribution in [0.1, 0.15) is 5.69 Å². The summed E-state index contributed by atoms with van der Waals surface area (Å²) >= 11 is 0. The first-order valence-electron chi connectivity index (χ1n) is 3.72. The lowest BCUT2D eigenvalue weighted by Crippen LogP contribution is -1.81. The van der Waals surface area contributed by atoms with E-state index in [-0.39, 0.29) is 12.2 Å². The van der Waals surface area contributed by atoms with Crippen molar-refractivity contribution in [3.63, 3.8) is 0 Å². The van der Waals surface area contributed by atoms with Crippen molar-refractivity contribution in [1.82, 2.24) is 5.16 Å². The Balaban J connectivity index is 2.66. The van der Waals surface area contributed by atoms with Crippen LogP contribution in [0.4, 0.5) is 4.39 Å². The highest BCUT2D eigenvalue weighted by Gasteiger charge is 2.07. The Bertz CT molecular complexity index is 484. The molecule has 3 nitrogen and oxygen atoms in total. The Kier molecular flexibility index (Phi) is 1.71. The first-order chi connectivity index (χ1) is 6.31. The lowest BCUT2D eigenvalue weighted by Gasteiger charge is -1.88. The van der Waals surface area contributed by atoms with Crippen molar-refractivity contribution in [3.8, 4) is 6.07 Å². The molecule has 4 heteroatoms. The topological polar surface area (TPSA) is 49.8 Å². The van der Waals surface area contributed by atoms with Crippen molar-refractivity contribution in [1.29, 1.82) is 5.26 Å². The van der Waals surface area contributed by atoms with Crippen LogP contribution in [0.25, 0.3) is 11.0 Å². The zero-order valence-corrected chi connectivity index (χ0v) is 6.62. The monoisotopic (exact) mass is 176 g/mol. The molecule has 0 unspecified atom stereocenters. The number of nitriles is 1. The molecule has 2 rings (SSSR count). The summed E-state index contributed by atoms with van der Waals surface area (Å²) in [6.07, 6.45) is 0.135. The largest absolute Gasteiger partial charge is 0.356 e. The maximum absolute atomic E-state index is 12.8. The van der Waals surface area contributed by atoms with Gasteiger partial charge in [0.05, 0.1) is 12.5 Å². The fourth-order valence-electron chi connectivity index (χ4n) is 1.16. The molecule has 0 spiro atoms. The molecule has 0 fully saturated rings. The molecule has 64 valence electrons. The van der Waals surface area contributed by atoms with E-state index in [2.05, 4.69) is 5.16 Å². The van der Waals surface area contributed by atoms with Crippen LogP contribution in [-0.2, 0) is 6.42 Å². The van der Waals surface area contributed by atoms with Crippen LogP contribution in [-0.4, -0.2) is 5.16 Å². The Hall–Kier alpha value is -1.89. The molecule has 0 saturated carbocycles. The molecule has 13 heavy (non-hydrogen) atoms. The molecule has 0 aliphatic heterocycles. The van der Waals surface area contributed by atoms with Gasteiger partial charge in [-0.15, -0.1) is 0 Å². The van der Waals surface area contributed by atoms with Crippen molar-refractivity contribution in [3.05, 3.63) is 29.7 Å². The second-order valence-corrected chi connectivity index (χ2v) is 2.60. The summed E-state index contributed by atoms with van der Waals surface area (Å²) in [5.41, 5.74) is 0.989. The lowest BCUT2D eigenvalue weighted by atomic mass is 10.2. The Morgan fingerprint density at radius 2 is 2.38 bits per heavy atom. The van der Waals surface area contributed by atoms with E-state index in [1.165, 1.54) is 18.2 Å². The predicted octanol–water partition coefficient (Wildman–Crippen LogP) is 2.03. The van der Waals surface area contributed by atoms with Gasteiger partial charge < -0.3 is 4.52 Å². The Morgan fingerprint density at radius 1 is 1.54 bits per heavy atom. The average Bonchev–Trinajstić information content (AvgIpc) is 2.49. The number of rotatable bonds is 1. The zero-order chi connectivity index (χ0) is 9.26. The van der Waals surface area contributed by atoms with Gasteiger partial charge in [0.2, 0.25) is 0 Å². The summed E-state index contributed by atoms with van der Waals surface area (Å²) < 4.78 is 17.7. The molecule has 0 amide bonds. The van der Waals surface area contributed by atoms with Crippen molar-refractivity contribution < 1.29 is 8.91 Å². The molecule has 1 heterocycles. The Morgan fingerprint density at radius 3 is 3.15 bits per heavy atom. The Labute approximate surface area is 73.4 Å². The highest BCUT2D eigenvalue weighted by atomic mass is 19.1. The lowest BCUT2D eigenvalue weighted by molar-refractivity contribution is 0.448. The number of fused-ring (bicyclic) bond motifs is 1. The predicted molar refractivity (Wildman–Crippen MR) is 43.3 cm³/mol. The van der Waals surface area contributed by atoms with Crippen LogP contribution in [0.3, 0.4) is 0 Å². The third kappa shape index (κ3) is 1.25. The van der Waals surface area contributed by atoms with E-state index in [0.717, 1.165) is 0 Å². The summed E-state index contributed by atoms with van der Waals surface area (Å²) in [5.74, 6) is -0.352. The number of halogens is 1. The standard InChI is InChI=1S/C9H5FN2O/c10-6-1-2-9-7(5-6)8(3-4-11)12-13-9/h1-2,5H,3H2. The highest BCUT2D eigenvalue weighted by molar-refractivity contribution is 5.79. The number of hydrogen-bond donors (Lipinski definition) is 0. The normalized spacial score (nSPS) is 10.2. The van der Waals surface area contributed by atoms with E-state index in [1.807, 2.05) is 6.07 Å². The van der Waals surface area contributed by atoms with Crippen molar-refractivity contribution in [2.75, 3.05) is 0 Å². The van der Waals surface area contributed by atoms with Gasteiger partial charge in [-0.2, -0.15) is 5.26 Å². The van der Waals surface area contributed by atoms with E-state index in [9.17, 15) is 4.39 Å². The fraction of sp³-hybridized carbons (Fsp3) is 0.111. The number of aromatic nitrogens is 1. The van der Waals surface area contributed by atoms with Crippen LogP contribution in [0.2, 0.25) is 0 Å². The van der Waals surface area contributed by atoms with E-state index in [4.69, 9.17) is 9.78 Å². The van der Waals surface area contributed by atoms with Crippen LogP contribution in [0.15, 0.2) is 22.7 Å². The SMILES string of the molecule is N#CCc1noc2ccc(F)cc12. The van der Waals surface area contributed by atoms with Gasteiger partial charge in [0.15, 0.2) is 5.58 Å². The minimum atomic E-state index is -0.352. The maximum atomic E-state index is 12.8. The molecule has 0 N–H and O–H groups in total. The average molecular weight is 176 g/mol. The molecule has 0 aliphatic rings. The number of benzene rings is 1. The van der Waals surface area contributed by atoms with Crippen LogP contribution in [0.5, 0.6) is 0 Å². The van der Waals surface area contributed by atoms with Gasteiger partial charge in [0.1, 0.15) is 11.5 Å². The zero-order valence-electron chi connectivity index (χ0n) is 6.62. The quantitative estimate of drug-likeness (QED) is 0.667. The first-order valence-corrected chi connectivity index (χ1v) is 3.72. The van der Waals surface area contributed by atoms with Gasteiger partial charge in [-0.05, 0) is 18.2 Å². The third-order valence-corrected chi connectivity index (χ3v) is 1.75. The molecule has 0 atom stereocenters. The summed E-state index contributed by atoms with van der Waals surface area (Å²) in [6, 6.07) is 6.05. The smallest absolute Gasteiger partial charge is 0.167 e. The van der Waals surface area contributed by atoms with E-state index in [0.29, 0.717) is 16.7 Å². The fourth-order valence-corrected chi connectivity index (χ4v) is 1.16. The summed E-state index contributed by atoms with van der Waals surface area (Å²) in [5, 5.41) is 12.7. The van der Waals surface area contributed by atoms with E-state index < -0.39 is 0 Å². The van der Waals surface area contributed by atoms with Crippen molar-refractivity contribution in [2.24, 2.45) is 0 Å². The summed E-state index contributed by atoms with van der Waals surface area (Å²) in [4.78, 5) is 0. The summed E-state index contributed by atoms with van der Waals surface area (Å²) in [6.45, 7) is 0. The van der Waals surface area contributed by atoms with E-state index >= 15 is 0 Å². The van der Waals surface area contributed by atoms with Crippen LogP contribution in [0, 0.1) is 17.1 Å². The first kappa shape index (κ1) is 7.74. The second kappa shape index (κ2) is 2.87. The summed E-state index contributed by atoms with van der Waals surface area (Å²) in [7, 11) is 0. The molecular formula is C9H5FN2O.